The first kappa shape index (κ1) is 23.7. The summed E-state index contributed by atoms with van der Waals surface area (Å²) in [4.78, 5) is 1.39. The molecule has 3 unspecified atom stereocenters. The average Bonchev–Trinajstić information content (AvgIpc) is 2.69. The molecule has 31 heavy (non-hydrogen) atoms. The Kier molecular flexibility index (Phi) is 7.08. The standard InChI is InChI=1S/C21H24ClF3N2O3S/c1-14(30-16-7-3-2-4-8-16)27(19-9-5-6-10-20(19)31(26,28)29)18-12-11-15(22)13-17(18)21(23,24)25/h2-4,7-8,11-14,19-20H,5-6,9-10H2,1H3,(H2,26,28,29). The van der Waals surface area contributed by atoms with E-state index in [9.17, 15) is 21.6 Å². The van der Waals surface area contributed by atoms with Crippen molar-refractivity contribution in [3.63, 3.8) is 0 Å². The fourth-order valence-electron chi connectivity index (χ4n) is 4.14. The summed E-state index contributed by atoms with van der Waals surface area (Å²) < 4.78 is 72.3. The predicted molar refractivity (Wildman–Crippen MR) is 115 cm³/mol. The molecular formula is C21H24ClF3N2O3S. The van der Waals surface area contributed by atoms with Crippen LogP contribution < -0.4 is 14.8 Å². The van der Waals surface area contributed by atoms with Crippen LogP contribution in [0.3, 0.4) is 0 Å². The third-order valence-electron chi connectivity index (χ3n) is 5.43. The molecule has 5 nitrogen and oxygen atoms in total. The molecule has 3 rings (SSSR count). The molecule has 0 radical (unpaired) electrons. The summed E-state index contributed by atoms with van der Waals surface area (Å²) in [5.74, 6) is 0.450. The van der Waals surface area contributed by atoms with Crippen molar-refractivity contribution in [2.75, 3.05) is 4.90 Å². The average molecular weight is 477 g/mol. The van der Waals surface area contributed by atoms with Crippen LogP contribution in [0.4, 0.5) is 18.9 Å². The second-order valence-corrected chi connectivity index (χ2v) is 9.80. The fraction of sp³-hybridized carbons (Fsp3) is 0.429. The van der Waals surface area contributed by atoms with Crippen molar-refractivity contribution in [2.24, 2.45) is 5.14 Å². The monoisotopic (exact) mass is 476 g/mol. The van der Waals surface area contributed by atoms with E-state index in [1.165, 1.54) is 17.0 Å². The van der Waals surface area contributed by atoms with Gasteiger partial charge in [-0.05, 0) is 50.1 Å². The Bertz CT molecular complexity index is 1000. The number of primary sulfonamides is 1. The van der Waals surface area contributed by atoms with Crippen LogP contribution in [-0.4, -0.2) is 25.9 Å². The summed E-state index contributed by atoms with van der Waals surface area (Å²) in [7, 11) is -4.00. The van der Waals surface area contributed by atoms with Crippen molar-refractivity contribution in [3.8, 4) is 5.75 Å². The lowest BCUT2D eigenvalue weighted by Crippen LogP contribution is -2.55. The first-order valence-electron chi connectivity index (χ1n) is 9.87. The van der Waals surface area contributed by atoms with Gasteiger partial charge in [-0.1, -0.05) is 42.6 Å². The zero-order valence-electron chi connectivity index (χ0n) is 16.8. The van der Waals surface area contributed by atoms with Gasteiger partial charge < -0.3 is 9.64 Å². The second kappa shape index (κ2) is 9.26. The normalized spacial score (nSPS) is 20.8. The number of sulfonamides is 1. The molecule has 1 saturated carbocycles. The van der Waals surface area contributed by atoms with Crippen LogP contribution in [0, 0.1) is 0 Å². The number of nitrogens with zero attached hydrogens (tertiary/aromatic N) is 1. The number of benzene rings is 2. The summed E-state index contributed by atoms with van der Waals surface area (Å²) in [5.41, 5.74) is -1.15. The van der Waals surface area contributed by atoms with Gasteiger partial charge in [-0.15, -0.1) is 0 Å². The van der Waals surface area contributed by atoms with Gasteiger partial charge in [0, 0.05) is 5.02 Å². The fourth-order valence-corrected chi connectivity index (χ4v) is 5.51. The molecule has 0 heterocycles. The lowest BCUT2D eigenvalue weighted by atomic mass is 9.92. The van der Waals surface area contributed by atoms with Gasteiger partial charge in [-0.3, -0.25) is 0 Å². The third kappa shape index (κ3) is 5.64. The minimum Gasteiger partial charge on any atom is -0.471 e. The van der Waals surface area contributed by atoms with E-state index in [4.69, 9.17) is 21.5 Å². The molecule has 0 bridgehead atoms. The Morgan fingerprint density at radius 2 is 1.77 bits per heavy atom. The zero-order chi connectivity index (χ0) is 22.8. The highest BCUT2D eigenvalue weighted by molar-refractivity contribution is 7.89. The highest BCUT2D eigenvalue weighted by Gasteiger charge is 2.43. The number of anilines is 1. The van der Waals surface area contributed by atoms with E-state index in [-0.39, 0.29) is 17.1 Å². The van der Waals surface area contributed by atoms with Gasteiger partial charge in [0.25, 0.3) is 0 Å². The van der Waals surface area contributed by atoms with E-state index in [1.54, 1.807) is 37.3 Å². The summed E-state index contributed by atoms with van der Waals surface area (Å²) in [6.45, 7) is 1.59. The van der Waals surface area contributed by atoms with Gasteiger partial charge in [0.2, 0.25) is 10.0 Å². The Morgan fingerprint density at radius 1 is 1.13 bits per heavy atom. The summed E-state index contributed by atoms with van der Waals surface area (Å²) in [6.07, 6.45) is -3.67. The molecule has 0 amide bonds. The smallest absolute Gasteiger partial charge is 0.418 e. The lowest BCUT2D eigenvalue weighted by molar-refractivity contribution is -0.137. The molecular weight excluding hydrogens is 453 g/mol. The van der Waals surface area contributed by atoms with Gasteiger partial charge in [0.05, 0.1) is 22.5 Å². The van der Waals surface area contributed by atoms with Crippen molar-refractivity contribution in [1.82, 2.24) is 0 Å². The van der Waals surface area contributed by atoms with Crippen molar-refractivity contribution in [3.05, 3.63) is 59.1 Å². The first-order valence-corrected chi connectivity index (χ1v) is 11.9. The van der Waals surface area contributed by atoms with Crippen LogP contribution in [0.2, 0.25) is 5.02 Å². The third-order valence-corrected chi connectivity index (χ3v) is 7.06. The van der Waals surface area contributed by atoms with Crippen LogP contribution in [0.1, 0.15) is 38.2 Å². The van der Waals surface area contributed by atoms with Crippen LogP contribution in [0.15, 0.2) is 48.5 Å². The number of rotatable bonds is 6. The second-order valence-electron chi connectivity index (χ2n) is 7.58. The van der Waals surface area contributed by atoms with E-state index in [0.29, 0.717) is 25.0 Å². The molecule has 0 spiro atoms. The van der Waals surface area contributed by atoms with E-state index in [2.05, 4.69) is 0 Å². The molecule has 170 valence electrons. The van der Waals surface area contributed by atoms with Crippen LogP contribution in [0.25, 0.3) is 0 Å². The van der Waals surface area contributed by atoms with E-state index in [1.807, 2.05) is 0 Å². The van der Waals surface area contributed by atoms with Crippen molar-refractivity contribution in [1.29, 1.82) is 0 Å². The molecule has 10 heteroatoms. The van der Waals surface area contributed by atoms with Gasteiger partial charge in [0.1, 0.15) is 5.75 Å². The molecule has 0 aromatic heterocycles. The van der Waals surface area contributed by atoms with Gasteiger partial charge in [-0.25, -0.2) is 13.6 Å². The van der Waals surface area contributed by atoms with E-state index in [0.717, 1.165) is 6.07 Å². The molecule has 1 aliphatic rings. The summed E-state index contributed by atoms with van der Waals surface area (Å²) in [5, 5.41) is 4.39. The Labute approximate surface area is 185 Å². The van der Waals surface area contributed by atoms with Crippen molar-refractivity contribution < 1.29 is 26.3 Å². The number of halogens is 4. The van der Waals surface area contributed by atoms with Crippen molar-refractivity contribution >= 4 is 27.3 Å². The maximum Gasteiger partial charge on any atom is 0.418 e. The topological polar surface area (TPSA) is 72.6 Å². The molecule has 0 aliphatic heterocycles. The maximum absolute atomic E-state index is 13.9. The lowest BCUT2D eigenvalue weighted by Gasteiger charge is -2.44. The molecule has 1 fully saturated rings. The zero-order valence-corrected chi connectivity index (χ0v) is 18.4. The minimum absolute atomic E-state index is 0.0701. The van der Waals surface area contributed by atoms with E-state index >= 15 is 0 Å². The quantitative estimate of drug-likeness (QED) is 0.582. The van der Waals surface area contributed by atoms with Crippen LogP contribution in [-0.2, 0) is 16.2 Å². The largest absolute Gasteiger partial charge is 0.471 e. The molecule has 1 aliphatic carbocycles. The number of hydrogen-bond donors (Lipinski definition) is 1. The minimum atomic E-state index is -4.70. The first-order chi connectivity index (χ1) is 14.5. The molecule has 2 aromatic carbocycles. The number of nitrogens with two attached hydrogens (primary N) is 1. The number of alkyl halides is 3. The predicted octanol–water partition coefficient (Wildman–Crippen LogP) is 5.19. The highest BCUT2D eigenvalue weighted by atomic mass is 35.5. The summed E-state index contributed by atoms with van der Waals surface area (Å²) in [6, 6.07) is 11.3. The highest BCUT2D eigenvalue weighted by Crippen LogP contribution is 2.42. The Morgan fingerprint density at radius 3 is 2.39 bits per heavy atom. The van der Waals surface area contributed by atoms with Gasteiger partial charge in [0.15, 0.2) is 6.23 Å². The number of ether oxygens (including phenoxy) is 1. The molecule has 2 aromatic rings. The summed E-state index contributed by atoms with van der Waals surface area (Å²) >= 11 is 5.86. The van der Waals surface area contributed by atoms with E-state index < -0.39 is 39.3 Å². The Balaban J connectivity index is 2.13. The molecule has 3 atom stereocenters. The molecule has 0 saturated heterocycles. The molecule has 2 N–H and O–H groups in total. The SMILES string of the molecule is CC(Oc1ccccc1)N(c1ccc(Cl)cc1C(F)(F)F)C1CCCCC1S(N)(=O)=O. The maximum atomic E-state index is 13.9. The van der Waals surface area contributed by atoms with Crippen LogP contribution in [0.5, 0.6) is 5.75 Å². The Hall–Kier alpha value is -1.97. The van der Waals surface area contributed by atoms with Crippen LogP contribution >= 0.6 is 11.6 Å². The number of para-hydroxylation sites is 1. The van der Waals surface area contributed by atoms with Gasteiger partial charge in [-0.2, -0.15) is 13.2 Å². The number of hydrogen-bond acceptors (Lipinski definition) is 4. The van der Waals surface area contributed by atoms with Gasteiger partial charge >= 0.3 is 6.18 Å². The van der Waals surface area contributed by atoms with Crippen molar-refractivity contribution in [2.45, 2.75) is 56.3 Å².